The van der Waals surface area contributed by atoms with Crippen molar-refractivity contribution >= 4 is 16.7 Å². The fourth-order valence-corrected chi connectivity index (χ4v) is 1.73. The van der Waals surface area contributed by atoms with Crippen LogP contribution in [-0.4, -0.2) is 10.4 Å². The molecule has 3 heteroatoms. The number of Topliss-reactive ketones (excluding diaryl/α,β-unsaturated/α-hetero) is 1. The summed E-state index contributed by atoms with van der Waals surface area (Å²) in [5.74, 6) is 0.155. The van der Waals surface area contributed by atoms with Gasteiger partial charge < -0.3 is 4.57 Å². The molecule has 0 aliphatic carbocycles. The van der Waals surface area contributed by atoms with Crippen LogP contribution in [0.15, 0.2) is 41.3 Å². The molecule has 0 aliphatic heterocycles. The van der Waals surface area contributed by atoms with Crippen molar-refractivity contribution in [2.75, 3.05) is 0 Å². The molecule has 82 valence electrons. The monoisotopic (exact) mass is 215 g/mol. The predicted octanol–water partition coefficient (Wildman–Crippen LogP) is 1.98. The minimum Gasteiger partial charge on any atom is -0.347 e. The average molecular weight is 215 g/mol. The predicted molar refractivity (Wildman–Crippen MR) is 63.5 cm³/mol. The molecular formula is C13H13NO2. The molecule has 2 aromatic rings. The number of benzene rings is 1. The highest BCUT2D eigenvalue weighted by atomic mass is 16.1. The number of fused-ring (bicyclic) bond motifs is 1. The van der Waals surface area contributed by atoms with Gasteiger partial charge in [-0.1, -0.05) is 12.1 Å². The summed E-state index contributed by atoms with van der Waals surface area (Å²) in [6.45, 7) is 2.20. The van der Waals surface area contributed by atoms with Gasteiger partial charge >= 0.3 is 0 Å². The van der Waals surface area contributed by atoms with Crippen molar-refractivity contribution in [3.05, 3.63) is 46.8 Å². The second-order valence-electron chi connectivity index (χ2n) is 3.84. The molecule has 0 saturated carbocycles. The Balaban J connectivity index is 2.50. The number of carbonyl (C=O) groups excluding carboxylic acids is 1. The van der Waals surface area contributed by atoms with E-state index in [0.29, 0.717) is 18.4 Å². The number of aromatic nitrogens is 1. The van der Waals surface area contributed by atoms with Crippen LogP contribution in [-0.2, 0) is 11.3 Å². The third-order valence-corrected chi connectivity index (χ3v) is 2.59. The summed E-state index contributed by atoms with van der Waals surface area (Å²) in [5, 5.41) is 0.702. The summed E-state index contributed by atoms with van der Waals surface area (Å²) in [7, 11) is 0. The molecule has 1 heterocycles. The zero-order valence-electron chi connectivity index (χ0n) is 9.14. The van der Waals surface area contributed by atoms with Crippen LogP contribution in [0.1, 0.15) is 13.3 Å². The summed E-state index contributed by atoms with van der Waals surface area (Å²) >= 11 is 0. The van der Waals surface area contributed by atoms with E-state index in [4.69, 9.17) is 0 Å². The molecule has 0 bridgehead atoms. The van der Waals surface area contributed by atoms with E-state index in [1.807, 2.05) is 28.8 Å². The lowest BCUT2D eigenvalue weighted by Crippen LogP contribution is -2.09. The minimum atomic E-state index is 0.0228. The number of carbonyl (C=O) groups is 1. The van der Waals surface area contributed by atoms with Crippen LogP contribution >= 0.6 is 0 Å². The molecule has 0 radical (unpaired) electrons. The molecule has 0 saturated heterocycles. The smallest absolute Gasteiger partial charge is 0.189 e. The number of para-hydroxylation sites is 1. The molecule has 2 rings (SSSR count). The molecule has 1 aromatic heterocycles. The molecule has 0 N–H and O–H groups in total. The Morgan fingerprint density at radius 3 is 2.75 bits per heavy atom. The first-order valence-electron chi connectivity index (χ1n) is 5.26. The Morgan fingerprint density at radius 1 is 1.25 bits per heavy atom. The van der Waals surface area contributed by atoms with E-state index >= 15 is 0 Å². The highest BCUT2D eigenvalue weighted by Crippen LogP contribution is 2.09. The highest BCUT2D eigenvalue weighted by molar-refractivity contribution is 5.79. The molecule has 0 fully saturated rings. The molecular weight excluding hydrogens is 202 g/mol. The Labute approximate surface area is 93.3 Å². The average Bonchev–Trinajstić information content (AvgIpc) is 2.28. The molecule has 0 amide bonds. The lowest BCUT2D eigenvalue weighted by atomic mass is 10.2. The van der Waals surface area contributed by atoms with Crippen molar-refractivity contribution in [3.63, 3.8) is 0 Å². The minimum absolute atomic E-state index is 0.0228. The first kappa shape index (κ1) is 10.6. The van der Waals surface area contributed by atoms with E-state index < -0.39 is 0 Å². The third-order valence-electron chi connectivity index (χ3n) is 2.59. The number of hydrogen-bond acceptors (Lipinski definition) is 2. The van der Waals surface area contributed by atoms with E-state index in [1.165, 1.54) is 0 Å². The van der Waals surface area contributed by atoms with Gasteiger partial charge in [-0.15, -0.1) is 0 Å². The summed E-state index contributed by atoms with van der Waals surface area (Å²) < 4.78 is 1.94. The number of pyridine rings is 1. The maximum absolute atomic E-state index is 11.6. The lowest BCUT2D eigenvalue weighted by molar-refractivity contribution is -0.117. The molecule has 1 aromatic carbocycles. The van der Waals surface area contributed by atoms with Gasteiger partial charge in [0, 0.05) is 30.6 Å². The van der Waals surface area contributed by atoms with Gasteiger partial charge in [-0.25, -0.2) is 0 Å². The number of ketones is 1. The van der Waals surface area contributed by atoms with Crippen molar-refractivity contribution in [2.45, 2.75) is 19.9 Å². The Hall–Kier alpha value is -1.90. The second-order valence-corrected chi connectivity index (χ2v) is 3.84. The highest BCUT2D eigenvalue weighted by Gasteiger charge is 2.02. The number of rotatable bonds is 3. The van der Waals surface area contributed by atoms with Crippen LogP contribution in [0.5, 0.6) is 0 Å². The van der Waals surface area contributed by atoms with Gasteiger partial charge in [0.2, 0.25) is 0 Å². The van der Waals surface area contributed by atoms with Crippen molar-refractivity contribution in [2.24, 2.45) is 0 Å². The maximum Gasteiger partial charge on any atom is 0.189 e. The van der Waals surface area contributed by atoms with Crippen LogP contribution in [0.25, 0.3) is 10.9 Å². The molecule has 3 nitrogen and oxygen atoms in total. The third kappa shape index (κ3) is 2.03. The van der Waals surface area contributed by atoms with Gasteiger partial charge in [0.15, 0.2) is 5.43 Å². The van der Waals surface area contributed by atoms with E-state index in [2.05, 4.69) is 0 Å². The van der Waals surface area contributed by atoms with Gasteiger partial charge in [-0.3, -0.25) is 9.59 Å². The normalized spacial score (nSPS) is 10.6. The van der Waals surface area contributed by atoms with Gasteiger partial charge in [-0.05, 0) is 19.1 Å². The molecule has 0 aliphatic rings. The lowest BCUT2D eigenvalue weighted by Gasteiger charge is -2.08. The second kappa shape index (κ2) is 4.31. The number of nitrogens with zero attached hydrogens (tertiary/aromatic N) is 1. The van der Waals surface area contributed by atoms with Crippen LogP contribution in [0.2, 0.25) is 0 Å². The van der Waals surface area contributed by atoms with E-state index in [9.17, 15) is 9.59 Å². The van der Waals surface area contributed by atoms with Crippen molar-refractivity contribution in [1.82, 2.24) is 4.57 Å². The summed E-state index contributed by atoms with van der Waals surface area (Å²) in [6.07, 6.45) is 2.24. The van der Waals surface area contributed by atoms with Gasteiger partial charge in [0.1, 0.15) is 5.78 Å². The van der Waals surface area contributed by atoms with E-state index in [-0.39, 0.29) is 11.2 Å². The van der Waals surface area contributed by atoms with E-state index in [1.54, 1.807) is 19.2 Å². The fourth-order valence-electron chi connectivity index (χ4n) is 1.73. The van der Waals surface area contributed by atoms with Gasteiger partial charge in [0.05, 0.1) is 5.52 Å². The molecule has 16 heavy (non-hydrogen) atoms. The number of hydrogen-bond donors (Lipinski definition) is 0. The Morgan fingerprint density at radius 2 is 2.00 bits per heavy atom. The zero-order valence-corrected chi connectivity index (χ0v) is 9.14. The van der Waals surface area contributed by atoms with Crippen molar-refractivity contribution < 1.29 is 4.79 Å². The van der Waals surface area contributed by atoms with Crippen LogP contribution < -0.4 is 5.43 Å². The standard InChI is InChI=1S/C13H13NO2/c1-10(15)6-8-14-9-7-13(16)11-4-2-3-5-12(11)14/h2-5,7,9H,6,8H2,1H3. The molecule has 0 spiro atoms. The van der Waals surface area contributed by atoms with Crippen molar-refractivity contribution in [3.8, 4) is 0 Å². The first-order chi connectivity index (χ1) is 7.68. The topological polar surface area (TPSA) is 39.1 Å². The fraction of sp³-hybridized carbons (Fsp3) is 0.231. The van der Waals surface area contributed by atoms with Crippen LogP contribution in [0.3, 0.4) is 0 Å². The Bertz CT molecular complexity index is 584. The quantitative estimate of drug-likeness (QED) is 0.785. The Kier molecular flexibility index (Phi) is 2.86. The van der Waals surface area contributed by atoms with Crippen LogP contribution in [0, 0.1) is 0 Å². The SMILES string of the molecule is CC(=O)CCn1ccc(=O)c2ccccc21. The molecule has 0 atom stereocenters. The summed E-state index contributed by atoms with van der Waals surface area (Å²) in [6, 6.07) is 8.99. The maximum atomic E-state index is 11.6. The zero-order chi connectivity index (χ0) is 11.5. The first-order valence-corrected chi connectivity index (χ1v) is 5.26. The summed E-state index contributed by atoms with van der Waals surface area (Å²) in [5.41, 5.74) is 0.908. The summed E-state index contributed by atoms with van der Waals surface area (Å²) in [4.78, 5) is 22.5. The van der Waals surface area contributed by atoms with Crippen molar-refractivity contribution in [1.29, 1.82) is 0 Å². The number of aryl methyl sites for hydroxylation is 1. The van der Waals surface area contributed by atoms with Gasteiger partial charge in [-0.2, -0.15) is 0 Å². The van der Waals surface area contributed by atoms with Crippen LogP contribution in [0.4, 0.5) is 0 Å². The molecule has 0 unspecified atom stereocenters. The van der Waals surface area contributed by atoms with Gasteiger partial charge in [0.25, 0.3) is 0 Å². The largest absolute Gasteiger partial charge is 0.347 e. The van der Waals surface area contributed by atoms with E-state index in [0.717, 1.165) is 5.52 Å².